The van der Waals surface area contributed by atoms with Gasteiger partial charge in [-0.1, -0.05) is 29.8 Å². The van der Waals surface area contributed by atoms with Crippen LogP contribution in [-0.2, 0) is 19.1 Å². The molecule has 3 rings (SSSR count). The molecular formula is C15H16O4. The Kier molecular flexibility index (Phi) is 2.31. The maximum absolute atomic E-state index is 12.1. The maximum Gasteiger partial charge on any atom is 0.327 e. The van der Waals surface area contributed by atoms with Gasteiger partial charge in [0.15, 0.2) is 5.41 Å². The number of carbonyl (C=O) groups is 2. The first-order valence-electron chi connectivity index (χ1n) is 6.39. The predicted molar refractivity (Wildman–Crippen MR) is 67.2 cm³/mol. The zero-order valence-corrected chi connectivity index (χ0v) is 11.2. The largest absolute Gasteiger partial charge is 0.422 e. The summed E-state index contributed by atoms with van der Waals surface area (Å²) in [7, 11) is 0. The van der Waals surface area contributed by atoms with Crippen LogP contribution in [0.2, 0.25) is 0 Å². The third kappa shape index (κ3) is 1.74. The molecule has 1 aromatic rings. The van der Waals surface area contributed by atoms with Gasteiger partial charge in [0.2, 0.25) is 0 Å². The van der Waals surface area contributed by atoms with Gasteiger partial charge in [-0.05, 0) is 18.9 Å². The molecule has 1 saturated heterocycles. The molecule has 1 aromatic carbocycles. The molecule has 1 heterocycles. The highest BCUT2D eigenvalue weighted by Crippen LogP contribution is 2.62. The van der Waals surface area contributed by atoms with Crippen molar-refractivity contribution in [1.29, 1.82) is 0 Å². The Morgan fingerprint density at radius 2 is 1.58 bits per heavy atom. The molecule has 0 bridgehead atoms. The van der Waals surface area contributed by atoms with Crippen LogP contribution in [0.15, 0.2) is 24.3 Å². The molecular weight excluding hydrogens is 244 g/mol. The van der Waals surface area contributed by atoms with E-state index in [9.17, 15) is 9.59 Å². The van der Waals surface area contributed by atoms with E-state index in [1.807, 2.05) is 31.2 Å². The fourth-order valence-corrected chi connectivity index (χ4v) is 2.65. The summed E-state index contributed by atoms with van der Waals surface area (Å²) in [6.45, 7) is 5.13. The summed E-state index contributed by atoms with van der Waals surface area (Å²) in [5.41, 5.74) is 1.03. The van der Waals surface area contributed by atoms with Gasteiger partial charge in [-0.25, -0.2) is 0 Å². The van der Waals surface area contributed by atoms with E-state index in [-0.39, 0.29) is 5.92 Å². The SMILES string of the molecule is Cc1ccc([C@@H]2CC23C(=O)OC(C)(C)OC3=O)cc1. The molecule has 1 aliphatic carbocycles. The van der Waals surface area contributed by atoms with Crippen molar-refractivity contribution in [2.75, 3.05) is 0 Å². The van der Waals surface area contributed by atoms with Crippen LogP contribution in [0, 0.1) is 12.3 Å². The Hall–Kier alpha value is -1.84. The molecule has 0 radical (unpaired) electrons. The number of hydrogen-bond acceptors (Lipinski definition) is 4. The fourth-order valence-electron chi connectivity index (χ4n) is 2.65. The Balaban J connectivity index is 1.89. The third-order valence-corrected chi connectivity index (χ3v) is 3.85. The second-order valence-corrected chi connectivity index (χ2v) is 5.82. The summed E-state index contributed by atoms with van der Waals surface area (Å²) in [5.74, 6) is -2.19. The second-order valence-electron chi connectivity index (χ2n) is 5.82. The van der Waals surface area contributed by atoms with Crippen molar-refractivity contribution in [1.82, 2.24) is 0 Å². The first-order chi connectivity index (χ1) is 8.85. The lowest BCUT2D eigenvalue weighted by molar-refractivity contribution is -0.243. The number of rotatable bonds is 1. The Labute approximate surface area is 111 Å². The van der Waals surface area contributed by atoms with Crippen LogP contribution in [0.3, 0.4) is 0 Å². The smallest absolute Gasteiger partial charge is 0.327 e. The monoisotopic (exact) mass is 260 g/mol. The van der Waals surface area contributed by atoms with E-state index in [1.54, 1.807) is 13.8 Å². The second kappa shape index (κ2) is 3.59. The number of hydrogen-bond donors (Lipinski definition) is 0. The first-order valence-corrected chi connectivity index (χ1v) is 6.39. The lowest BCUT2D eigenvalue weighted by atomic mass is 9.97. The number of esters is 2. The number of cyclic esters (lactones) is 2. The van der Waals surface area contributed by atoms with Gasteiger partial charge >= 0.3 is 11.9 Å². The van der Waals surface area contributed by atoms with Gasteiger partial charge < -0.3 is 9.47 Å². The highest BCUT2D eigenvalue weighted by molar-refractivity contribution is 6.06. The minimum Gasteiger partial charge on any atom is -0.422 e. The van der Waals surface area contributed by atoms with E-state index in [2.05, 4.69) is 0 Å². The fraction of sp³-hybridized carbons (Fsp3) is 0.467. The normalized spacial score (nSPS) is 26.8. The van der Waals surface area contributed by atoms with Crippen LogP contribution >= 0.6 is 0 Å². The van der Waals surface area contributed by atoms with Crippen molar-refractivity contribution < 1.29 is 19.1 Å². The molecule has 2 aliphatic rings. The average molecular weight is 260 g/mol. The zero-order chi connectivity index (χ0) is 13.8. The van der Waals surface area contributed by atoms with Crippen LogP contribution in [0.1, 0.15) is 37.3 Å². The average Bonchev–Trinajstić information content (AvgIpc) is 3.03. The molecule has 100 valence electrons. The van der Waals surface area contributed by atoms with Gasteiger partial charge in [0.1, 0.15) is 0 Å². The third-order valence-electron chi connectivity index (χ3n) is 3.85. The highest BCUT2D eigenvalue weighted by atomic mass is 16.7. The summed E-state index contributed by atoms with van der Waals surface area (Å²) in [4.78, 5) is 24.3. The van der Waals surface area contributed by atoms with Gasteiger partial charge in [-0.3, -0.25) is 9.59 Å². The molecule has 0 amide bonds. The lowest BCUT2D eigenvalue weighted by Gasteiger charge is -2.33. The zero-order valence-electron chi connectivity index (χ0n) is 11.2. The van der Waals surface area contributed by atoms with Gasteiger partial charge in [0, 0.05) is 19.8 Å². The molecule has 2 fully saturated rings. The Bertz CT molecular complexity index is 536. The number of benzene rings is 1. The first kappa shape index (κ1) is 12.2. The maximum atomic E-state index is 12.1. The van der Waals surface area contributed by atoms with Crippen molar-refractivity contribution in [2.24, 2.45) is 5.41 Å². The molecule has 0 N–H and O–H groups in total. The summed E-state index contributed by atoms with van der Waals surface area (Å²) < 4.78 is 10.4. The lowest BCUT2D eigenvalue weighted by Crippen LogP contribution is -2.48. The quantitative estimate of drug-likeness (QED) is 0.574. The Morgan fingerprint density at radius 3 is 2.11 bits per heavy atom. The molecule has 4 heteroatoms. The standard InChI is InChI=1S/C15H16O4/c1-9-4-6-10(7-5-9)11-8-15(11)12(16)18-14(2,3)19-13(15)17/h4-7,11H,8H2,1-3H3/t11-/m0/s1. The minimum atomic E-state index is -1.15. The molecule has 0 unspecified atom stereocenters. The van der Waals surface area contributed by atoms with Crippen LogP contribution in [0.4, 0.5) is 0 Å². The van der Waals surface area contributed by atoms with Crippen molar-refractivity contribution in [3.63, 3.8) is 0 Å². The Morgan fingerprint density at radius 1 is 1.05 bits per heavy atom. The van der Waals surface area contributed by atoms with Crippen LogP contribution in [-0.4, -0.2) is 17.7 Å². The molecule has 1 spiro atoms. The molecule has 0 aromatic heterocycles. The minimum absolute atomic E-state index is 0.121. The van der Waals surface area contributed by atoms with E-state index in [4.69, 9.17) is 9.47 Å². The number of aryl methyl sites for hydroxylation is 1. The van der Waals surface area contributed by atoms with Crippen LogP contribution in [0.25, 0.3) is 0 Å². The van der Waals surface area contributed by atoms with Crippen molar-refractivity contribution >= 4 is 11.9 Å². The van der Waals surface area contributed by atoms with Crippen LogP contribution in [0.5, 0.6) is 0 Å². The van der Waals surface area contributed by atoms with E-state index in [0.717, 1.165) is 11.1 Å². The van der Waals surface area contributed by atoms with E-state index >= 15 is 0 Å². The summed E-state index contributed by atoms with van der Waals surface area (Å²) in [5, 5.41) is 0. The molecule has 1 saturated carbocycles. The molecule has 4 nitrogen and oxygen atoms in total. The van der Waals surface area contributed by atoms with Crippen molar-refractivity contribution in [3.05, 3.63) is 35.4 Å². The summed E-state index contributed by atoms with van der Waals surface area (Å²) >= 11 is 0. The predicted octanol–water partition coefficient (Wildman–Crippen LogP) is 2.30. The number of carbonyl (C=O) groups excluding carboxylic acids is 2. The van der Waals surface area contributed by atoms with E-state index in [1.165, 1.54) is 0 Å². The van der Waals surface area contributed by atoms with Crippen molar-refractivity contribution in [3.8, 4) is 0 Å². The summed E-state index contributed by atoms with van der Waals surface area (Å²) in [6.07, 6.45) is 0.476. The van der Waals surface area contributed by atoms with Crippen LogP contribution < -0.4 is 0 Å². The van der Waals surface area contributed by atoms with Gasteiger partial charge in [0.25, 0.3) is 5.79 Å². The van der Waals surface area contributed by atoms with Gasteiger partial charge in [0.05, 0.1) is 0 Å². The molecule has 19 heavy (non-hydrogen) atoms. The van der Waals surface area contributed by atoms with Gasteiger partial charge in [-0.15, -0.1) is 0 Å². The van der Waals surface area contributed by atoms with E-state index < -0.39 is 23.1 Å². The number of ether oxygens (including phenoxy) is 2. The summed E-state index contributed by atoms with van der Waals surface area (Å²) in [6, 6.07) is 7.86. The van der Waals surface area contributed by atoms with E-state index in [0.29, 0.717) is 6.42 Å². The molecule has 1 atom stereocenters. The van der Waals surface area contributed by atoms with Gasteiger partial charge in [-0.2, -0.15) is 0 Å². The van der Waals surface area contributed by atoms with Crippen molar-refractivity contribution in [2.45, 2.75) is 38.9 Å². The molecule has 1 aliphatic heterocycles. The topological polar surface area (TPSA) is 52.6 Å². The highest BCUT2D eigenvalue weighted by Gasteiger charge is 2.72.